The van der Waals surface area contributed by atoms with Crippen molar-refractivity contribution in [1.82, 2.24) is 4.90 Å². The van der Waals surface area contributed by atoms with Crippen molar-refractivity contribution in [3.8, 4) is 0 Å². The Morgan fingerprint density at radius 1 is 1.29 bits per heavy atom. The predicted molar refractivity (Wildman–Crippen MR) is 56.5 cm³/mol. The van der Waals surface area contributed by atoms with Crippen LogP contribution in [0.3, 0.4) is 0 Å². The largest absolute Gasteiger partial charge is 0.312 e. The molecule has 3 atom stereocenters. The highest BCUT2D eigenvalue weighted by Gasteiger charge is 2.55. The molecule has 2 rings (SSSR count). The molecular formula is C12H19NO. The van der Waals surface area contributed by atoms with Crippen molar-refractivity contribution in [3.63, 3.8) is 0 Å². The van der Waals surface area contributed by atoms with Gasteiger partial charge < -0.3 is 4.90 Å². The summed E-state index contributed by atoms with van der Waals surface area (Å²) >= 11 is 0. The van der Waals surface area contributed by atoms with E-state index in [1.54, 1.807) is 0 Å². The molecule has 14 heavy (non-hydrogen) atoms. The van der Waals surface area contributed by atoms with Crippen LogP contribution in [0.25, 0.3) is 0 Å². The van der Waals surface area contributed by atoms with Crippen LogP contribution in [0.4, 0.5) is 0 Å². The molecule has 2 heterocycles. The Hall–Kier alpha value is -0.790. The second-order valence-electron chi connectivity index (χ2n) is 5.03. The van der Waals surface area contributed by atoms with E-state index >= 15 is 0 Å². The van der Waals surface area contributed by atoms with E-state index in [1.165, 1.54) is 11.3 Å². The number of rotatable bonds is 1. The molecule has 78 valence electrons. The predicted octanol–water partition coefficient (Wildman–Crippen LogP) is 2.41. The zero-order valence-electron chi connectivity index (χ0n) is 9.66. The third kappa shape index (κ3) is 0.943. The number of β-lactam (4-membered cyclic amide) rings is 1. The summed E-state index contributed by atoms with van der Waals surface area (Å²) in [6.07, 6.45) is 0. The minimum Gasteiger partial charge on any atom is -0.312 e. The van der Waals surface area contributed by atoms with Crippen molar-refractivity contribution in [1.29, 1.82) is 0 Å². The Labute approximate surface area is 86.0 Å². The van der Waals surface area contributed by atoms with Gasteiger partial charge in [-0.3, -0.25) is 4.79 Å². The van der Waals surface area contributed by atoms with Crippen molar-refractivity contribution in [2.24, 2.45) is 17.8 Å². The Morgan fingerprint density at radius 2 is 1.86 bits per heavy atom. The molecule has 0 unspecified atom stereocenters. The van der Waals surface area contributed by atoms with Crippen LogP contribution >= 0.6 is 0 Å². The molecule has 0 aromatic rings. The molecule has 0 bridgehead atoms. The first-order chi connectivity index (χ1) is 6.46. The molecule has 1 fully saturated rings. The van der Waals surface area contributed by atoms with Crippen LogP contribution in [-0.4, -0.2) is 16.8 Å². The molecule has 2 nitrogen and oxygen atoms in total. The van der Waals surface area contributed by atoms with E-state index in [0.29, 0.717) is 23.8 Å². The summed E-state index contributed by atoms with van der Waals surface area (Å²) in [6, 6.07) is 0.461. The summed E-state index contributed by atoms with van der Waals surface area (Å²) in [4.78, 5) is 13.9. The van der Waals surface area contributed by atoms with E-state index in [0.717, 1.165) is 0 Å². The molecule has 1 amide bonds. The first kappa shape index (κ1) is 9.75. The second-order valence-corrected chi connectivity index (χ2v) is 5.03. The number of fused-ring (bicyclic) bond motifs is 1. The van der Waals surface area contributed by atoms with Crippen LogP contribution < -0.4 is 0 Å². The van der Waals surface area contributed by atoms with Crippen molar-refractivity contribution in [3.05, 3.63) is 11.3 Å². The SMILES string of the molecule is CC1=C(C)N2C(=O)[C@H](C(C)C)[C@H]2[C@@H]1C. The Bertz CT molecular complexity index is 316. The minimum absolute atomic E-state index is 0.261. The van der Waals surface area contributed by atoms with E-state index in [-0.39, 0.29) is 5.92 Å². The highest BCUT2D eigenvalue weighted by Crippen LogP contribution is 2.47. The van der Waals surface area contributed by atoms with Gasteiger partial charge in [0.05, 0.1) is 12.0 Å². The van der Waals surface area contributed by atoms with E-state index in [1.807, 2.05) is 4.90 Å². The van der Waals surface area contributed by atoms with E-state index in [9.17, 15) is 4.79 Å². The minimum atomic E-state index is 0.261. The normalized spacial score (nSPS) is 36.6. The summed E-state index contributed by atoms with van der Waals surface area (Å²) < 4.78 is 0. The van der Waals surface area contributed by atoms with Gasteiger partial charge in [-0.2, -0.15) is 0 Å². The molecular weight excluding hydrogens is 174 g/mol. The molecule has 2 aliphatic rings. The van der Waals surface area contributed by atoms with Crippen molar-refractivity contribution in [2.75, 3.05) is 0 Å². The lowest BCUT2D eigenvalue weighted by atomic mass is 9.75. The topological polar surface area (TPSA) is 20.3 Å². The fourth-order valence-electron chi connectivity index (χ4n) is 2.91. The first-order valence-corrected chi connectivity index (χ1v) is 5.47. The molecule has 2 heteroatoms. The zero-order valence-corrected chi connectivity index (χ0v) is 9.66. The lowest BCUT2D eigenvalue weighted by molar-refractivity contribution is -0.155. The Balaban J connectivity index is 2.29. The third-order valence-electron chi connectivity index (χ3n) is 4.03. The Morgan fingerprint density at radius 3 is 2.36 bits per heavy atom. The monoisotopic (exact) mass is 193 g/mol. The second kappa shape index (κ2) is 2.85. The van der Waals surface area contributed by atoms with Gasteiger partial charge in [0.25, 0.3) is 0 Å². The molecule has 0 radical (unpaired) electrons. The highest BCUT2D eigenvalue weighted by molar-refractivity contribution is 5.89. The van der Waals surface area contributed by atoms with E-state index < -0.39 is 0 Å². The summed E-state index contributed by atoms with van der Waals surface area (Å²) in [7, 11) is 0. The molecule has 0 aromatic heterocycles. The maximum Gasteiger partial charge on any atom is 0.232 e. The average Bonchev–Trinajstić information content (AvgIpc) is 2.26. The fourth-order valence-corrected chi connectivity index (χ4v) is 2.91. The van der Waals surface area contributed by atoms with Gasteiger partial charge >= 0.3 is 0 Å². The van der Waals surface area contributed by atoms with Gasteiger partial charge in [-0.25, -0.2) is 0 Å². The number of carbonyl (C=O) groups excluding carboxylic acids is 1. The molecule has 1 saturated heterocycles. The van der Waals surface area contributed by atoms with Crippen LogP contribution in [0.1, 0.15) is 34.6 Å². The molecule has 0 saturated carbocycles. The van der Waals surface area contributed by atoms with Crippen LogP contribution in [0.2, 0.25) is 0 Å². The van der Waals surface area contributed by atoms with Gasteiger partial charge in [-0.1, -0.05) is 20.8 Å². The van der Waals surface area contributed by atoms with Crippen molar-refractivity contribution in [2.45, 2.75) is 40.7 Å². The summed E-state index contributed by atoms with van der Waals surface area (Å²) in [5.74, 6) is 1.63. The highest BCUT2D eigenvalue weighted by atomic mass is 16.2. The standard InChI is InChI=1S/C12H19NO/c1-6(2)10-11-8(4)7(3)9(5)13(11)12(10)14/h6,8,10-11H,1-5H3/t8-,10-,11-/m1/s1. The van der Waals surface area contributed by atoms with Crippen molar-refractivity contribution >= 4 is 5.91 Å². The van der Waals surface area contributed by atoms with E-state index in [4.69, 9.17) is 0 Å². The number of hydrogen-bond acceptors (Lipinski definition) is 1. The van der Waals surface area contributed by atoms with Crippen molar-refractivity contribution < 1.29 is 4.79 Å². The molecule has 0 aliphatic carbocycles. The maximum absolute atomic E-state index is 11.9. The lowest BCUT2D eigenvalue weighted by Gasteiger charge is -2.47. The van der Waals surface area contributed by atoms with Crippen LogP contribution in [0, 0.1) is 17.8 Å². The van der Waals surface area contributed by atoms with Gasteiger partial charge in [0.15, 0.2) is 0 Å². The van der Waals surface area contributed by atoms with Crippen LogP contribution in [0.15, 0.2) is 11.3 Å². The summed E-state index contributed by atoms with van der Waals surface area (Å²) in [5.41, 5.74) is 2.59. The summed E-state index contributed by atoms with van der Waals surface area (Å²) in [5, 5.41) is 0. The molecule has 2 aliphatic heterocycles. The molecule has 0 N–H and O–H groups in total. The first-order valence-electron chi connectivity index (χ1n) is 5.47. The zero-order chi connectivity index (χ0) is 10.6. The van der Waals surface area contributed by atoms with Crippen LogP contribution in [0.5, 0.6) is 0 Å². The number of amides is 1. The summed E-state index contributed by atoms with van der Waals surface area (Å²) in [6.45, 7) is 10.8. The average molecular weight is 193 g/mol. The van der Waals surface area contributed by atoms with Crippen LogP contribution in [-0.2, 0) is 4.79 Å². The van der Waals surface area contributed by atoms with Gasteiger partial charge in [-0.15, -0.1) is 0 Å². The number of nitrogens with zero attached hydrogens (tertiary/aromatic N) is 1. The van der Waals surface area contributed by atoms with Gasteiger partial charge in [0.2, 0.25) is 5.91 Å². The number of carbonyl (C=O) groups is 1. The molecule has 0 spiro atoms. The lowest BCUT2D eigenvalue weighted by Crippen LogP contribution is -2.61. The quantitative estimate of drug-likeness (QED) is 0.586. The number of allylic oxidation sites excluding steroid dienone is 1. The number of hydrogen-bond donors (Lipinski definition) is 0. The third-order valence-corrected chi connectivity index (χ3v) is 4.03. The van der Waals surface area contributed by atoms with Gasteiger partial charge in [-0.05, 0) is 25.3 Å². The Kier molecular flexibility index (Phi) is 1.98. The van der Waals surface area contributed by atoms with Gasteiger partial charge in [0.1, 0.15) is 0 Å². The fraction of sp³-hybridized carbons (Fsp3) is 0.750. The maximum atomic E-state index is 11.9. The van der Waals surface area contributed by atoms with E-state index in [2.05, 4.69) is 34.6 Å². The smallest absolute Gasteiger partial charge is 0.232 e. The molecule has 0 aromatic carbocycles. The van der Waals surface area contributed by atoms with Gasteiger partial charge in [0, 0.05) is 11.6 Å².